The highest BCUT2D eigenvalue weighted by Crippen LogP contribution is 2.22. The molecule has 0 unspecified atom stereocenters. The number of benzene rings is 1. The molecule has 0 aliphatic rings. The molecule has 0 radical (unpaired) electrons. The van der Waals surface area contributed by atoms with E-state index in [-0.39, 0.29) is 11.3 Å². The van der Waals surface area contributed by atoms with E-state index >= 15 is 0 Å². The molecule has 0 saturated heterocycles. The molecule has 1 aromatic heterocycles. The molecule has 2 N–H and O–H groups in total. The van der Waals surface area contributed by atoms with E-state index in [4.69, 9.17) is 11.6 Å². The second-order valence-electron chi connectivity index (χ2n) is 3.70. The number of hydrogen-bond acceptors (Lipinski definition) is 3. The van der Waals surface area contributed by atoms with E-state index < -0.39 is 5.91 Å². The number of anilines is 1. The zero-order chi connectivity index (χ0) is 13.1. The van der Waals surface area contributed by atoms with Crippen molar-refractivity contribution in [3.63, 3.8) is 0 Å². The highest BCUT2D eigenvalue weighted by molar-refractivity contribution is 6.30. The van der Waals surface area contributed by atoms with E-state index in [0.717, 1.165) is 6.54 Å². The second-order valence-corrected chi connectivity index (χ2v) is 4.14. The van der Waals surface area contributed by atoms with Crippen LogP contribution in [0.5, 0.6) is 5.75 Å². The first-order valence-electron chi connectivity index (χ1n) is 5.42. The number of phenols is 1. The lowest BCUT2D eigenvalue weighted by molar-refractivity contribution is 0.102. The second kappa shape index (κ2) is 5.10. The lowest BCUT2D eigenvalue weighted by Crippen LogP contribution is -2.11. The summed E-state index contributed by atoms with van der Waals surface area (Å²) in [5.41, 5.74) is 0.750. The first-order valence-corrected chi connectivity index (χ1v) is 5.80. The summed E-state index contributed by atoms with van der Waals surface area (Å²) in [5.74, 6) is -0.553. The molecular formula is C12H12ClN3O2. The van der Waals surface area contributed by atoms with Crippen LogP contribution in [-0.4, -0.2) is 20.8 Å². The topological polar surface area (TPSA) is 67.2 Å². The van der Waals surface area contributed by atoms with E-state index in [0.29, 0.717) is 10.7 Å². The van der Waals surface area contributed by atoms with Crippen LogP contribution in [0.3, 0.4) is 0 Å². The molecule has 1 heterocycles. The van der Waals surface area contributed by atoms with Crippen LogP contribution in [0.2, 0.25) is 5.02 Å². The number of carbonyl (C=O) groups excluding carboxylic acids is 1. The quantitative estimate of drug-likeness (QED) is 0.896. The minimum absolute atomic E-state index is 0.150. The Balaban J connectivity index is 2.16. The van der Waals surface area contributed by atoms with Crippen molar-refractivity contribution in [1.82, 2.24) is 9.78 Å². The van der Waals surface area contributed by atoms with Gasteiger partial charge in [-0.3, -0.25) is 9.48 Å². The van der Waals surface area contributed by atoms with Gasteiger partial charge in [0.25, 0.3) is 5.91 Å². The largest absolute Gasteiger partial charge is 0.507 e. The third-order valence-electron chi connectivity index (χ3n) is 2.42. The van der Waals surface area contributed by atoms with Gasteiger partial charge in [-0.25, -0.2) is 0 Å². The Labute approximate surface area is 109 Å². The molecule has 0 fully saturated rings. The van der Waals surface area contributed by atoms with Gasteiger partial charge in [0.05, 0.1) is 17.4 Å². The lowest BCUT2D eigenvalue weighted by Gasteiger charge is -2.04. The average molecular weight is 266 g/mol. The molecule has 18 heavy (non-hydrogen) atoms. The third kappa shape index (κ3) is 2.62. The predicted octanol–water partition coefficient (Wildman–Crippen LogP) is 2.51. The van der Waals surface area contributed by atoms with Gasteiger partial charge < -0.3 is 10.4 Å². The monoisotopic (exact) mass is 265 g/mol. The highest BCUT2D eigenvalue weighted by atomic mass is 35.5. The highest BCUT2D eigenvalue weighted by Gasteiger charge is 2.12. The van der Waals surface area contributed by atoms with Gasteiger partial charge in [-0.05, 0) is 25.1 Å². The molecule has 2 rings (SSSR count). The van der Waals surface area contributed by atoms with Crippen molar-refractivity contribution in [1.29, 1.82) is 0 Å². The summed E-state index contributed by atoms with van der Waals surface area (Å²) in [6, 6.07) is 4.34. The van der Waals surface area contributed by atoms with Crippen LogP contribution in [-0.2, 0) is 6.54 Å². The van der Waals surface area contributed by atoms with Crippen LogP contribution in [0, 0.1) is 0 Å². The number of rotatable bonds is 3. The summed E-state index contributed by atoms with van der Waals surface area (Å²) < 4.78 is 1.69. The van der Waals surface area contributed by atoms with Crippen LogP contribution < -0.4 is 5.32 Å². The Morgan fingerprint density at radius 3 is 2.94 bits per heavy atom. The molecule has 0 aliphatic carbocycles. The molecule has 2 aromatic rings. The summed E-state index contributed by atoms with van der Waals surface area (Å²) in [5, 5.41) is 16.7. The Morgan fingerprint density at radius 2 is 2.33 bits per heavy atom. The first-order chi connectivity index (χ1) is 8.60. The van der Waals surface area contributed by atoms with E-state index in [2.05, 4.69) is 10.4 Å². The van der Waals surface area contributed by atoms with Crippen LogP contribution >= 0.6 is 11.6 Å². The number of halogens is 1. The van der Waals surface area contributed by atoms with Crippen molar-refractivity contribution in [2.24, 2.45) is 0 Å². The van der Waals surface area contributed by atoms with Crippen molar-refractivity contribution in [2.75, 3.05) is 5.32 Å². The van der Waals surface area contributed by atoms with Crippen molar-refractivity contribution >= 4 is 23.2 Å². The Bertz CT molecular complexity index is 580. The molecule has 94 valence electrons. The molecule has 5 nitrogen and oxygen atoms in total. The minimum Gasteiger partial charge on any atom is -0.507 e. The van der Waals surface area contributed by atoms with E-state index in [9.17, 15) is 9.90 Å². The third-order valence-corrected chi connectivity index (χ3v) is 2.65. The number of aryl methyl sites for hydroxylation is 1. The van der Waals surface area contributed by atoms with Gasteiger partial charge >= 0.3 is 0 Å². The smallest absolute Gasteiger partial charge is 0.259 e. The average Bonchev–Trinajstić information content (AvgIpc) is 2.76. The number of aromatic hydroxyl groups is 1. The van der Waals surface area contributed by atoms with Gasteiger partial charge in [0, 0.05) is 17.8 Å². The van der Waals surface area contributed by atoms with Crippen molar-refractivity contribution in [3.8, 4) is 5.75 Å². The SMILES string of the molecule is CCn1cc(NC(=O)c2ccc(Cl)cc2O)cn1. The van der Waals surface area contributed by atoms with Crippen LogP contribution in [0.15, 0.2) is 30.6 Å². The van der Waals surface area contributed by atoms with Crippen molar-refractivity contribution < 1.29 is 9.90 Å². The fourth-order valence-electron chi connectivity index (χ4n) is 1.50. The van der Waals surface area contributed by atoms with Gasteiger partial charge in [0.15, 0.2) is 0 Å². The molecule has 0 spiro atoms. The van der Waals surface area contributed by atoms with Gasteiger partial charge in [0.1, 0.15) is 5.75 Å². The fraction of sp³-hybridized carbons (Fsp3) is 0.167. The maximum atomic E-state index is 11.9. The molecule has 0 aliphatic heterocycles. The number of hydrogen-bond donors (Lipinski definition) is 2. The molecule has 1 amide bonds. The van der Waals surface area contributed by atoms with E-state index in [1.165, 1.54) is 12.1 Å². The number of carbonyl (C=O) groups is 1. The lowest BCUT2D eigenvalue weighted by atomic mass is 10.2. The van der Waals surface area contributed by atoms with Gasteiger partial charge in [-0.2, -0.15) is 5.10 Å². The van der Waals surface area contributed by atoms with Crippen LogP contribution in [0.1, 0.15) is 17.3 Å². The normalized spacial score (nSPS) is 10.3. The predicted molar refractivity (Wildman–Crippen MR) is 69.0 cm³/mol. The van der Waals surface area contributed by atoms with E-state index in [1.54, 1.807) is 23.1 Å². The summed E-state index contributed by atoms with van der Waals surface area (Å²) >= 11 is 5.70. The van der Waals surface area contributed by atoms with Gasteiger partial charge in [0.2, 0.25) is 0 Å². The molecule has 6 heteroatoms. The van der Waals surface area contributed by atoms with Gasteiger partial charge in [-0.15, -0.1) is 0 Å². The standard InChI is InChI=1S/C12H12ClN3O2/c1-2-16-7-9(6-14-16)15-12(18)10-4-3-8(13)5-11(10)17/h3-7,17H,2H2,1H3,(H,15,18). The Morgan fingerprint density at radius 1 is 1.56 bits per heavy atom. The van der Waals surface area contributed by atoms with Crippen LogP contribution in [0.4, 0.5) is 5.69 Å². The zero-order valence-electron chi connectivity index (χ0n) is 9.72. The number of aromatic nitrogens is 2. The molecule has 0 bridgehead atoms. The summed E-state index contributed by atoms with van der Waals surface area (Å²) in [6.07, 6.45) is 3.26. The number of nitrogens with one attached hydrogen (secondary N) is 1. The Kier molecular flexibility index (Phi) is 3.53. The maximum absolute atomic E-state index is 11.9. The molecule has 0 saturated carbocycles. The summed E-state index contributed by atoms with van der Waals surface area (Å²) in [7, 11) is 0. The summed E-state index contributed by atoms with van der Waals surface area (Å²) in [6.45, 7) is 2.67. The number of phenolic OH excluding ortho intramolecular Hbond substituents is 1. The zero-order valence-corrected chi connectivity index (χ0v) is 10.5. The summed E-state index contributed by atoms with van der Waals surface area (Å²) in [4.78, 5) is 11.9. The van der Waals surface area contributed by atoms with Crippen molar-refractivity contribution in [3.05, 3.63) is 41.2 Å². The van der Waals surface area contributed by atoms with E-state index in [1.807, 2.05) is 6.92 Å². The molecule has 0 atom stereocenters. The Hall–Kier alpha value is -2.01. The fourth-order valence-corrected chi connectivity index (χ4v) is 1.66. The minimum atomic E-state index is -0.403. The first kappa shape index (κ1) is 12.4. The molecular weight excluding hydrogens is 254 g/mol. The number of nitrogens with zero attached hydrogens (tertiary/aromatic N) is 2. The van der Waals surface area contributed by atoms with Crippen LogP contribution in [0.25, 0.3) is 0 Å². The van der Waals surface area contributed by atoms with Crippen molar-refractivity contribution in [2.45, 2.75) is 13.5 Å². The number of amides is 1. The maximum Gasteiger partial charge on any atom is 0.259 e. The molecule has 1 aromatic carbocycles. The van der Waals surface area contributed by atoms with Gasteiger partial charge in [-0.1, -0.05) is 11.6 Å².